The average molecular weight is 406 g/mol. The lowest BCUT2D eigenvalue weighted by atomic mass is 10.1. The zero-order valence-corrected chi connectivity index (χ0v) is 17.5. The molecule has 5 nitrogen and oxygen atoms in total. The summed E-state index contributed by atoms with van der Waals surface area (Å²) in [4.78, 5) is 0.237. The van der Waals surface area contributed by atoms with Crippen molar-refractivity contribution in [3.63, 3.8) is 0 Å². The molecule has 0 aliphatic carbocycles. The van der Waals surface area contributed by atoms with Crippen molar-refractivity contribution in [2.45, 2.75) is 32.2 Å². The molecule has 1 heterocycles. The Hall–Kier alpha value is -3.12. The van der Waals surface area contributed by atoms with Crippen molar-refractivity contribution < 1.29 is 8.42 Å². The van der Waals surface area contributed by atoms with E-state index in [0.29, 0.717) is 17.9 Å². The summed E-state index contributed by atoms with van der Waals surface area (Å²) in [5, 5.41) is 6.44. The van der Waals surface area contributed by atoms with E-state index in [9.17, 15) is 8.42 Å². The monoisotopic (exact) mass is 405 g/mol. The van der Waals surface area contributed by atoms with Crippen LogP contribution >= 0.6 is 0 Å². The maximum Gasteiger partial charge on any atom is 0.262 e. The summed E-state index contributed by atoms with van der Waals surface area (Å²) in [7, 11) is -3.72. The third kappa shape index (κ3) is 3.89. The van der Waals surface area contributed by atoms with Crippen molar-refractivity contribution in [3.05, 3.63) is 89.2 Å². The van der Waals surface area contributed by atoms with E-state index in [1.54, 1.807) is 12.1 Å². The molecule has 0 saturated heterocycles. The quantitative estimate of drug-likeness (QED) is 0.518. The normalized spacial score (nSPS) is 11.7. The van der Waals surface area contributed by atoms with Crippen LogP contribution in [0.2, 0.25) is 0 Å². The van der Waals surface area contributed by atoms with Gasteiger partial charge in [0.15, 0.2) is 0 Å². The lowest BCUT2D eigenvalue weighted by Gasteiger charge is -2.10. The number of sulfonamides is 1. The first-order valence-electron chi connectivity index (χ1n) is 9.45. The molecule has 6 heteroatoms. The highest BCUT2D eigenvalue weighted by molar-refractivity contribution is 7.92. The maximum absolute atomic E-state index is 13.0. The number of hydrogen-bond donors (Lipinski definition) is 1. The zero-order valence-electron chi connectivity index (χ0n) is 16.7. The van der Waals surface area contributed by atoms with Crippen LogP contribution in [0.15, 0.2) is 71.6 Å². The highest BCUT2D eigenvalue weighted by Crippen LogP contribution is 2.26. The number of aromatic nitrogens is 2. The van der Waals surface area contributed by atoms with Gasteiger partial charge in [-0.2, -0.15) is 5.10 Å². The minimum Gasteiger partial charge on any atom is -0.276 e. The summed E-state index contributed by atoms with van der Waals surface area (Å²) in [6, 6.07) is 21.1. The fourth-order valence-electron chi connectivity index (χ4n) is 3.39. The van der Waals surface area contributed by atoms with E-state index < -0.39 is 10.0 Å². The predicted molar refractivity (Wildman–Crippen MR) is 117 cm³/mol. The molecule has 0 amide bonds. The first-order valence-corrected chi connectivity index (χ1v) is 10.9. The lowest BCUT2D eigenvalue weighted by Crippen LogP contribution is -2.14. The van der Waals surface area contributed by atoms with Gasteiger partial charge in [-0.15, -0.1) is 0 Å². The summed E-state index contributed by atoms with van der Waals surface area (Å²) < 4.78 is 30.6. The van der Waals surface area contributed by atoms with E-state index in [0.717, 1.165) is 22.0 Å². The maximum atomic E-state index is 13.0. The molecule has 4 rings (SSSR count). The van der Waals surface area contributed by atoms with Crippen molar-refractivity contribution in [3.8, 4) is 0 Å². The van der Waals surface area contributed by atoms with Crippen LogP contribution in [0.3, 0.4) is 0 Å². The van der Waals surface area contributed by atoms with Gasteiger partial charge in [0.2, 0.25) is 0 Å². The summed E-state index contributed by atoms with van der Waals surface area (Å²) in [6.07, 6.45) is 0. The van der Waals surface area contributed by atoms with Gasteiger partial charge in [-0.3, -0.25) is 9.40 Å². The summed E-state index contributed by atoms with van der Waals surface area (Å²) >= 11 is 0. The Bertz CT molecular complexity index is 1290. The van der Waals surface area contributed by atoms with Crippen molar-refractivity contribution >= 4 is 26.5 Å². The van der Waals surface area contributed by atoms with E-state index in [1.807, 2.05) is 55.8 Å². The fourth-order valence-corrected chi connectivity index (χ4v) is 4.60. The Morgan fingerprint density at radius 1 is 0.897 bits per heavy atom. The predicted octanol–water partition coefficient (Wildman–Crippen LogP) is 4.81. The zero-order chi connectivity index (χ0) is 20.6. The molecule has 4 aromatic rings. The fraction of sp³-hybridized carbons (Fsp3) is 0.174. The van der Waals surface area contributed by atoms with Crippen LogP contribution in [0.5, 0.6) is 0 Å². The third-order valence-electron chi connectivity index (χ3n) is 5.10. The molecule has 0 spiro atoms. The molecule has 3 aromatic carbocycles. The minimum absolute atomic E-state index is 0.237. The minimum atomic E-state index is -3.72. The summed E-state index contributed by atoms with van der Waals surface area (Å²) in [5.41, 5.74) is 4.28. The van der Waals surface area contributed by atoms with Gasteiger partial charge in [0, 0.05) is 0 Å². The number of rotatable bonds is 5. The molecule has 1 aromatic heterocycles. The van der Waals surface area contributed by atoms with Gasteiger partial charge in [0.1, 0.15) is 0 Å². The van der Waals surface area contributed by atoms with Crippen LogP contribution < -0.4 is 4.72 Å². The standard InChI is InChI=1S/C23H23N3O2S/c1-16-8-10-19(11-9-16)15-26-18(3)23(17(2)24-26)25-29(27,28)22-13-12-20-6-4-5-7-21(20)14-22/h4-14,25H,15H2,1-3H3. The number of nitrogens with zero attached hydrogens (tertiary/aromatic N) is 2. The van der Waals surface area contributed by atoms with Gasteiger partial charge in [-0.25, -0.2) is 8.42 Å². The second-order valence-corrected chi connectivity index (χ2v) is 8.99. The number of benzene rings is 3. The van der Waals surface area contributed by atoms with E-state index in [1.165, 1.54) is 5.56 Å². The summed E-state index contributed by atoms with van der Waals surface area (Å²) in [5.74, 6) is 0. The Morgan fingerprint density at radius 2 is 1.59 bits per heavy atom. The third-order valence-corrected chi connectivity index (χ3v) is 6.45. The molecule has 1 N–H and O–H groups in total. The first-order chi connectivity index (χ1) is 13.8. The second-order valence-electron chi connectivity index (χ2n) is 7.30. The molecule has 0 saturated carbocycles. The van der Waals surface area contributed by atoms with Crippen molar-refractivity contribution in [2.75, 3.05) is 4.72 Å². The largest absolute Gasteiger partial charge is 0.276 e. The van der Waals surface area contributed by atoms with E-state index in [-0.39, 0.29) is 4.90 Å². The Labute approximate surface area is 171 Å². The van der Waals surface area contributed by atoms with Crippen molar-refractivity contribution in [1.82, 2.24) is 9.78 Å². The summed E-state index contributed by atoms with van der Waals surface area (Å²) in [6.45, 7) is 6.33. The van der Waals surface area contributed by atoms with Gasteiger partial charge < -0.3 is 0 Å². The van der Waals surface area contributed by atoms with Gasteiger partial charge in [-0.1, -0.05) is 60.2 Å². The molecule has 0 aliphatic heterocycles. The van der Waals surface area contributed by atoms with Gasteiger partial charge in [-0.05, 0) is 49.2 Å². The lowest BCUT2D eigenvalue weighted by molar-refractivity contribution is 0.601. The molecule has 0 fully saturated rings. The molecule has 29 heavy (non-hydrogen) atoms. The number of hydrogen-bond acceptors (Lipinski definition) is 3. The number of aryl methyl sites for hydroxylation is 2. The number of fused-ring (bicyclic) bond motifs is 1. The molecular weight excluding hydrogens is 382 g/mol. The molecule has 0 bridgehead atoms. The van der Waals surface area contributed by atoms with Gasteiger partial charge in [0.05, 0.1) is 28.5 Å². The van der Waals surface area contributed by atoms with Crippen LogP contribution in [0.1, 0.15) is 22.5 Å². The second kappa shape index (κ2) is 7.37. The molecule has 148 valence electrons. The highest BCUT2D eigenvalue weighted by Gasteiger charge is 2.20. The highest BCUT2D eigenvalue weighted by atomic mass is 32.2. The molecular formula is C23H23N3O2S. The van der Waals surface area contributed by atoms with Crippen LogP contribution in [-0.4, -0.2) is 18.2 Å². The average Bonchev–Trinajstić information content (AvgIpc) is 2.96. The van der Waals surface area contributed by atoms with Gasteiger partial charge >= 0.3 is 0 Å². The Kier molecular flexibility index (Phi) is 4.88. The molecule has 0 aliphatic rings. The SMILES string of the molecule is Cc1ccc(Cn2nc(C)c(NS(=O)(=O)c3ccc4ccccc4c3)c2C)cc1. The van der Waals surface area contributed by atoms with Gasteiger partial charge in [0.25, 0.3) is 10.0 Å². The van der Waals surface area contributed by atoms with E-state index >= 15 is 0 Å². The van der Waals surface area contributed by atoms with E-state index in [2.05, 4.69) is 34.1 Å². The Morgan fingerprint density at radius 3 is 2.31 bits per heavy atom. The van der Waals surface area contributed by atoms with Crippen LogP contribution in [0.4, 0.5) is 5.69 Å². The molecule has 0 atom stereocenters. The first kappa shape index (κ1) is 19.2. The molecule has 0 unspecified atom stereocenters. The van der Waals surface area contributed by atoms with Crippen LogP contribution in [0.25, 0.3) is 10.8 Å². The topological polar surface area (TPSA) is 64.0 Å². The smallest absolute Gasteiger partial charge is 0.262 e. The van der Waals surface area contributed by atoms with Crippen molar-refractivity contribution in [2.24, 2.45) is 0 Å². The van der Waals surface area contributed by atoms with E-state index in [4.69, 9.17) is 0 Å². The van der Waals surface area contributed by atoms with Crippen LogP contribution in [0, 0.1) is 20.8 Å². The van der Waals surface area contributed by atoms with Crippen molar-refractivity contribution in [1.29, 1.82) is 0 Å². The van der Waals surface area contributed by atoms with Crippen LogP contribution in [-0.2, 0) is 16.6 Å². The number of nitrogens with one attached hydrogen (secondary N) is 1. The molecule has 0 radical (unpaired) electrons. The number of anilines is 1. The Balaban J connectivity index is 1.64.